The van der Waals surface area contributed by atoms with Crippen LogP contribution < -0.4 is 0 Å². The maximum atomic E-state index is 13.2. The number of H-pyrrole nitrogens is 1. The van der Waals surface area contributed by atoms with Crippen molar-refractivity contribution in [3.05, 3.63) is 60.2 Å². The molecule has 0 saturated heterocycles. The first-order chi connectivity index (χ1) is 11.3. The molecular formula is C16H11FN4OS. The normalized spacial score (nSPS) is 11.2. The van der Waals surface area contributed by atoms with E-state index in [-0.39, 0.29) is 5.82 Å². The fourth-order valence-electron chi connectivity index (χ4n) is 2.30. The van der Waals surface area contributed by atoms with Crippen LogP contribution >= 0.6 is 11.8 Å². The maximum absolute atomic E-state index is 13.2. The second kappa shape index (κ2) is 5.85. The number of halogens is 1. The van der Waals surface area contributed by atoms with E-state index in [4.69, 9.17) is 4.42 Å². The Morgan fingerprint density at radius 1 is 1.17 bits per heavy atom. The summed E-state index contributed by atoms with van der Waals surface area (Å²) in [5, 5.41) is 9.51. The molecule has 0 fully saturated rings. The first-order valence-electron chi connectivity index (χ1n) is 6.93. The average Bonchev–Trinajstić information content (AvgIpc) is 3.22. The monoisotopic (exact) mass is 326 g/mol. The molecule has 0 unspecified atom stereocenters. The zero-order valence-corrected chi connectivity index (χ0v) is 12.7. The summed E-state index contributed by atoms with van der Waals surface area (Å²) in [5.41, 5.74) is 2.47. The molecule has 23 heavy (non-hydrogen) atoms. The third kappa shape index (κ3) is 2.83. The second-order valence-electron chi connectivity index (χ2n) is 4.89. The number of nitrogens with one attached hydrogen (secondary N) is 1. The lowest BCUT2D eigenvalue weighted by Crippen LogP contribution is -1.82. The van der Waals surface area contributed by atoms with Crippen LogP contribution in [0.15, 0.2) is 58.4 Å². The lowest BCUT2D eigenvalue weighted by Gasteiger charge is -1.98. The van der Waals surface area contributed by atoms with E-state index in [1.54, 1.807) is 12.3 Å². The molecule has 3 heterocycles. The van der Waals surface area contributed by atoms with Crippen molar-refractivity contribution >= 4 is 22.8 Å². The first kappa shape index (κ1) is 14.0. The minimum atomic E-state index is -0.249. The largest absolute Gasteiger partial charge is 0.411 e. The van der Waals surface area contributed by atoms with Crippen molar-refractivity contribution in [1.82, 2.24) is 20.2 Å². The van der Waals surface area contributed by atoms with Crippen molar-refractivity contribution in [3.63, 3.8) is 0 Å². The predicted octanol–water partition coefficient (Wildman–Crippen LogP) is 4.04. The Morgan fingerprint density at radius 2 is 2.13 bits per heavy atom. The van der Waals surface area contributed by atoms with Crippen molar-refractivity contribution in [2.45, 2.75) is 11.0 Å². The van der Waals surface area contributed by atoms with Crippen LogP contribution in [0.5, 0.6) is 0 Å². The number of hydrogen-bond acceptors (Lipinski definition) is 5. The van der Waals surface area contributed by atoms with Gasteiger partial charge in [-0.25, -0.2) is 9.37 Å². The van der Waals surface area contributed by atoms with Gasteiger partial charge in [0.05, 0.1) is 5.56 Å². The molecule has 0 atom stereocenters. The highest BCUT2D eigenvalue weighted by Crippen LogP contribution is 2.29. The Morgan fingerprint density at radius 3 is 3.04 bits per heavy atom. The van der Waals surface area contributed by atoms with Gasteiger partial charge in [-0.3, -0.25) is 0 Å². The van der Waals surface area contributed by atoms with E-state index in [2.05, 4.69) is 20.2 Å². The van der Waals surface area contributed by atoms with E-state index in [1.807, 2.05) is 24.4 Å². The fraction of sp³-hybridized carbons (Fsp3) is 0.0625. The Balaban J connectivity index is 1.56. The van der Waals surface area contributed by atoms with Gasteiger partial charge in [0.25, 0.3) is 5.22 Å². The molecule has 0 saturated carbocycles. The summed E-state index contributed by atoms with van der Waals surface area (Å²) in [6.45, 7) is 0. The number of aromatic amines is 1. The predicted molar refractivity (Wildman–Crippen MR) is 85.3 cm³/mol. The number of benzene rings is 1. The van der Waals surface area contributed by atoms with Gasteiger partial charge in [0.15, 0.2) is 0 Å². The molecule has 4 rings (SSSR count). The van der Waals surface area contributed by atoms with Crippen molar-refractivity contribution in [2.24, 2.45) is 0 Å². The molecule has 5 nitrogen and oxygen atoms in total. The topological polar surface area (TPSA) is 67.6 Å². The molecule has 1 aromatic carbocycles. The van der Waals surface area contributed by atoms with E-state index in [0.29, 0.717) is 16.9 Å². The highest BCUT2D eigenvalue weighted by atomic mass is 32.2. The Bertz CT molecular complexity index is 965. The quantitative estimate of drug-likeness (QED) is 0.573. The molecule has 0 aliphatic carbocycles. The molecule has 0 bridgehead atoms. The van der Waals surface area contributed by atoms with Crippen LogP contribution in [0.25, 0.3) is 22.5 Å². The van der Waals surface area contributed by atoms with Crippen molar-refractivity contribution in [2.75, 3.05) is 0 Å². The maximum Gasteiger partial charge on any atom is 0.277 e. The Kier molecular flexibility index (Phi) is 3.55. The van der Waals surface area contributed by atoms with Crippen LogP contribution in [0.4, 0.5) is 4.39 Å². The number of aromatic nitrogens is 4. The highest BCUT2D eigenvalue weighted by molar-refractivity contribution is 7.98. The number of nitrogens with zero attached hydrogens (tertiary/aromatic N) is 3. The van der Waals surface area contributed by atoms with Gasteiger partial charge in [-0.05, 0) is 29.8 Å². The lowest BCUT2D eigenvalue weighted by molar-refractivity contribution is 0.466. The van der Waals surface area contributed by atoms with Gasteiger partial charge in [-0.15, -0.1) is 10.2 Å². The standard InChI is InChI=1S/C16H11FN4OS/c17-11-3-1-2-10(8-11)9-23-16-21-20-15(22-16)13-5-7-19-14-12(13)4-6-18-14/h1-8H,9H2,(H,18,19). The van der Waals surface area contributed by atoms with Gasteiger partial charge in [-0.1, -0.05) is 23.9 Å². The summed E-state index contributed by atoms with van der Waals surface area (Å²) in [6, 6.07) is 10.2. The van der Waals surface area contributed by atoms with Gasteiger partial charge in [-0.2, -0.15) is 0 Å². The Hall–Kier alpha value is -2.67. The molecule has 114 valence electrons. The summed E-state index contributed by atoms with van der Waals surface area (Å²) < 4.78 is 18.9. The molecule has 0 aliphatic rings. The van der Waals surface area contributed by atoms with Gasteiger partial charge in [0.1, 0.15) is 11.5 Å². The number of rotatable bonds is 4. The number of fused-ring (bicyclic) bond motifs is 1. The fourth-order valence-corrected chi connectivity index (χ4v) is 3.00. The number of pyridine rings is 1. The summed E-state index contributed by atoms with van der Waals surface area (Å²) >= 11 is 1.37. The molecule has 4 aromatic rings. The van der Waals surface area contributed by atoms with E-state index >= 15 is 0 Å². The van der Waals surface area contributed by atoms with Gasteiger partial charge in [0.2, 0.25) is 5.89 Å². The van der Waals surface area contributed by atoms with Crippen molar-refractivity contribution in [3.8, 4) is 11.5 Å². The number of thioether (sulfide) groups is 1. The van der Waals surface area contributed by atoms with Crippen LogP contribution in [0, 0.1) is 5.82 Å². The Labute approximate surface area is 135 Å². The smallest absolute Gasteiger partial charge is 0.277 e. The SMILES string of the molecule is Fc1cccc(CSc2nnc(-c3ccnc4[nH]ccc34)o2)c1. The summed E-state index contributed by atoms with van der Waals surface area (Å²) in [4.78, 5) is 7.28. The molecule has 7 heteroatoms. The second-order valence-corrected chi connectivity index (χ2v) is 5.82. The van der Waals surface area contributed by atoms with Crippen molar-refractivity contribution < 1.29 is 8.81 Å². The van der Waals surface area contributed by atoms with E-state index in [9.17, 15) is 4.39 Å². The first-order valence-corrected chi connectivity index (χ1v) is 7.91. The van der Waals surface area contributed by atoms with E-state index < -0.39 is 0 Å². The average molecular weight is 326 g/mol. The van der Waals surface area contributed by atoms with Crippen LogP contribution in [0.2, 0.25) is 0 Å². The number of hydrogen-bond donors (Lipinski definition) is 1. The molecule has 3 aromatic heterocycles. The van der Waals surface area contributed by atoms with Crippen molar-refractivity contribution in [1.29, 1.82) is 0 Å². The van der Waals surface area contributed by atoms with Crippen LogP contribution in [0.3, 0.4) is 0 Å². The van der Waals surface area contributed by atoms with Gasteiger partial charge in [0, 0.05) is 23.5 Å². The van der Waals surface area contributed by atoms with Crippen LogP contribution in [-0.2, 0) is 5.75 Å². The third-order valence-electron chi connectivity index (χ3n) is 3.35. The zero-order chi connectivity index (χ0) is 15.6. The third-order valence-corrected chi connectivity index (χ3v) is 4.24. The van der Waals surface area contributed by atoms with Gasteiger partial charge >= 0.3 is 0 Å². The zero-order valence-electron chi connectivity index (χ0n) is 11.9. The minimum Gasteiger partial charge on any atom is -0.411 e. The molecule has 0 amide bonds. The molecule has 0 aliphatic heterocycles. The molecular weight excluding hydrogens is 315 g/mol. The lowest BCUT2D eigenvalue weighted by atomic mass is 10.2. The highest BCUT2D eigenvalue weighted by Gasteiger charge is 2.13. The van der Waals surface area contributed by atoms with Crippen LogP contribution in [0.1, 0.15) is 5.56 Å². The summed E-state index contributed by atoms with van der Waals surface area (Å²) in [6.07, 6.45) is 3.51. The summed E-state index contributed by atoms with van der Waals surface area (Å²) in [7, 11) is 0. The molecule has 0 spiro atoms. The van der Waals surface area contributed by atoms with E-state index in [1.165, 1.54) is 23.9 Å². The van der Waals surface area contributed by atoms with Gasteiger partial charge < -0.3 is 9.40 Å². The summed E-state index contributed by atoms with van der Waals surface area (Å²) in [5.74, 6) is 0.759. The minimum absolute atomic E-state index is 0.249. The van der Waals surface area contributed by atoms with E-state index in [0.717, 1.165) is 22.2 Å². The molecule has 1 N–H and O–H groups in total. The molecule has 0 radical (unpaired) electrons. The van der Waals surface area contributed by atoms with Crippen LogP contribution in [-0.4, -0.2) is 20.2 Å².